The normalized spacial score (nSPS) is 19.4. The minimum atomic E-state index is -0.247. The van der Waals surface area contributed by atoms with Crippen LogP contribution in [0.2, 0.25) is 5.02 Å². The fraction of sp³-hybridized carbons (Fsp3) is 0.368. The van der Waals surface area contributed by atoms with Crippen LogP contribution >= 0.6 is 24.0 Å². The van der Waals surface area contributed by atoms with E-state index in [-0.39, 0.29) is 24.4 Å². The Morgan fingerprint density at radius 1 is 1.16 bits per heavy atom. The van der Waals surface area contributed by atoms with Gasteiger partial charge in [0.15, 0.2) is 0 Å². The van der Waals surface area contributed by atoms with E-state index in [9.17, 15) is 5.11 Å². The average molecular weight is 383 g/mol. The number of ether oxygens (including phenoxy) is 1. The summed E-state index contributed by atoms with van der Waals surface area (Å²) in [5.74, 6) is 1.11. The predicted octanol–water partition coefficient (Wildman–Crippen LogP) is 3.01. The number of nitrogens with one attached hydrogen (secondary N) is 2. The summed E-state index contributed by atoms with van der Waals surface area (Å²) >= 11 is 6.15. The Morgan fingerprint density at radius 3 is 2.76 bits per heavy atom. The zero-order valence-corrected chi connectivity index (χ0v) is 15.5. The van der Waals surface area contributed by atoms with Crippen molar-refractivity contribution in [3.8, 4) is 5.75 Å². The number of hydrogen-bond donors (Lipinski definition) is 3. The number of aliphatic hydroxyl groups is 1. The van der Waals surface area contributed by atoms with Crippen molar-refractivity contribution in [1.29, 1.82) is 0 Å². The van der Waals surface area contributed by atoms with E-state index in [2.05, 4.69) is 16.7 Å². The Labute approximate surface area is 160 Å². The summed E-state index contributed by atoms with van der Waals surface area (Å²) in [7, 11) is 0. The Bertz CT molecular complexity index is 669. The standard InChI is InChI=1S/C19H23ClN2O2.ClH/c20-18-7-2-1-5-15(18)13-24-17-6-3-4-14(8-17)9-21-10-16-11-22-12-19(16)23;/h1-8,16,19,21-23H,9-13H2;1H. The van der Waals surface area contributed by atoms with Gasteiger partial charge in [-0.25, -0.2) is 0 Å². The number of rotatable bonds is 7. The highest BCUT2D eigenvalue weighted by atomic mass is 35.5. The van der Waals surface area contributed by atoms with Gasteiger partial charge in [-0.05, 0) is 23.8 Å². The largest absolute Gasteiger partial charge is 0.489 e. The van der Waals surface area contributed by atoms with Crippen molar-refractivity contribution in [3.05, 3.63) is 64.7 Å². The SMILES string of the molecule is Cl.OC1CNCC1CNCc1cccc(OCc2ccccc2Cl)c1. The topological polar surface area (TPSA) is 53.5 Å². The van der Waals surface area contributed by atoms with Crippen molar-refractivity contribution in [3.63, 3.8) is 0 Å². The maximum Gasteiger partial charge on any atom is 0.120 e. The van der Waals surface area contributed by atoms with Crippen LogP contribution in [-0.2, 0) is 13.2 Å². The molecule has 0 aliphatic carbocycles. The molecular weight excluding hydrogens is 359 g/mol. The van der Waals surface area contributed by atoms with E-state index in [0.29, 0.717) is 13.2 Å². The van der Waals surface area contributed by atoms with Crippen molar-refractivity contribution < 1.29 is 9.84 Å². The number of halogens is 2. The first kappa shape index (κ1) is 20.0. The summed E-state index contributed by atoms with van der Waals surface area (Å²) in [6, 6.07) is 15.7. The molecular formula is C19H24Cl2N2O2. The van der Waals surface area contributed by atoms with Crippen LogP contribution in [0, 0.1) is 5.92 Å². The number of hydrogen-bond acceptors (Lipinski definition) is 4. The molecule has 0 spiro atoms. The van der Waals surface area contributed by atoms with Crippen molar-refractivity contribution in [2.24, 2.45) is 5.92 Å². The lowest BCUT2D eigenvalue weighted by Gasteiger charge is -2.14. The second-order valence-electron chi connectivity index (χ2n) is 6.14. The van der Waals surface area contributed by atoms with E-state index < -0.39 is 0 Å². The van der Waals surface area contributed by atoms with Crippen molar-refractivity contribution >= 4 is 24.0 Å². The molecule has 2 aromatic carbocycles. The molecule has 0 amide bonds. The molecule has 0 saturated carbocycles. The molecule has 0 aromatic heterocycles. The zero-order valence-electron chi connectivity index (χ0n) is 14.0. The van der Waals surface area contributed by atoms with Gasteiger partial charge in [0, 0.05) is 42.7 Å². The highest BCUT2D eigenvalue weighted by Crippen LogP contribution is 2.19. The third kappa shape index (κ3) is 5.87. The van der Waals surface area contributed by atoms with Crippen LogP contribution in [0.15, 0.2) is 48.5 Å². The lowest BCUT2D eigenvalue weighted by atomic mass is 10.1. The predicted molar refractivity (Wildman–Crippen MR) is 104 cm³/mol. The molecule has 0 radical (unpaired) electrons. The summed E-state index contributed by atoms with van der Waals surface area (Å²) < 4.78 is 5.85. The van der Waals surface area contributed by atoms with Crippen LogP contribution < -0.4 is 15.4 Å². The van der Waals surface area contributed by atoms with Crippen LogP contribution in [0.4, 0.5) is 0 Å². The molecule has 1 aliphatic rings. The van der Waals surface area contributed by atoms with E-state index in [0.717, 1.165) is 41.5 Å². The van der Waals surface area contributed by atoms with E-state index >= 15 is 0 Å². The smallest absolute Gasteiger partial charge is 0.120 e. The number of benzene rings is 2. The maximum atomic E-state index is 9.80. The van der Waals surface area contributed by atoms with Gasteiger partial charge in [0.2, 0.25) is 0 Å². The van der Waals surface area contributed by atoms with Crippen LogP contribution in [-0.4, -0.2) is 30.8 Å². The van der Waals surface area contributed by atoms with Gasteiger partial charge in [-0.2, -0.15) is 0 Å². The van der Waals surface area contributed by atoms with Gasteiger partial charge < -0.3 is 20.5 Å². The monoisotopic (exact) mass is 382 g/mol. The minimum absolute atomic E-state index is 0. The summed E-state index contributed by atoms with van der Waals surface area (Å²) in [6.45, 7) is 3.58. The third-order valence-electron chi connectivity index (χ3n) is 4.29. The van der Waals surface area contributed by atoms with Gasteiger partial charge in [-0.3, -0.25) is 0 Å². The summed E-state index contributed by atoms with van der Waals surface area (Å²) in [6.07, 6.45) is -0.247. The molecule has 2 unspecified atom stereocenters. The molecule has 136 valence electrons. The van der Waals surface area contributed by atoms with Crippen molar-refractivity contribution in [1.82, 2.24) is 10.6 Å². The molecule has 2 atom stereocenters. The second-order valence-corrected chi connectivity index (χ2v) is 6.55. The molecule has 1 fully saturated rings. The van der Waals surface area contributed by atoms with Crippen molar-refractivity contribution in [2.45, 2.75) is 19.3 Å². The highest BCUT2D eigenvalue weighted by Gasteiger charge is 2.23. The molecule has 0 bridgehead atoms. The second kappa shape index (κ2) is 10.00. The van der Waals surface area contributed by atoms with Crippen LogP contribution in [0.1, 0.15) is 11.1 Å². The molecule has 25 heavy (non-hydrogen) atoms. The van der Waals surface area contributed by atoms with Gasteiger partial charge in [0.25, 0.3) is 0 Å². The Kier molecular flexibility index (Phi) is 8.00. The van der Waals surface area contributed by atoms with E-state index in [1.165, 1.54) is 0 Å². The fourth-order valence-corrected chi connectivity index (χ4v) is 3.04. The molecule has 1 aliphatic heterocycles. The van der Waals surface area contributed by atoms with E-state index in [1.807, 2.05) is 42.5 Å². The summed E-state index contributed by atoms with van der Waals surface area (Å²) in [4.78, 5) is 0. The first-order valence-electron chi connectivity index (χ1n) is 8.27. The molecule has 3 N–H and O–H groups in total. The van der Waals surface area contributed by atoms with Crippen LogP contribution in [0.3, 0.4) is 0 Å². The van der Waals surface area contributed by atoms with Gasteiger partial charge in [-0.15, -0.1) is 12.4 Å². The molecule has 6 heteroatoms. The lowest BCUT2D eigenvalue weighted by molar-refractivity contribution is 0.146. The first-order chi connectivity index (χ1) is 11.7. The lowest BCUT2D eigenvalue weighted by Crippen LogP contribution is -2.30. The quantitative estimate of drug-likeness (QED) is 0.688. The molecule has 2 aromatic rings. The fourth-order valence-electron chi connectivity index (χ4n) is 2.85. The van der Waals surface area contributed by atoms with Gasteiger partial charge in [0.1, 0.15) is 12.4 Å². The first-order valence-corrected chi connectivity index (χ1v) is 8.65. The molecule has 4 nitrogen and oxygen atoms in total. The maximum absolute atomic E-state index is 9.80. The van der Waals surface area contributed by atoms with Crippen LogP contribution in [0.5, 0.6) is 5.75 Å². The van der Waals surface area contributed by atoms with Gasteiger partial charge in [0.05, 0.1) is 6.10 Å². The highest BCUT2D eigenvalue weighted by molar-refractivity contribution is 6.31. The number of β-amino-alcohol motifs (C(OH)–C–C–N with tert-alkyl or cyclic N) is 1. The van der Waals surface area contributed by atoms with E-state index in [4.69, 9.17) is 16.3 Å². The Hall–Kier alpha value is -1.30. The molecule has 3 rings (SSSR count). The third-order valence-corrected chi connectivity index (χ3v) is 4.66. The molecule has 1 heterocycles. The Balaban J connectivity index is 0.00000225. The molecule has 1 saturated heterocycles. The minimum Gasteiger partial charge on any atom is -0.489 e. The van der Waals surface area contributed by atoms with Gasteiger partial charge in [-0.1, -0.05) is 41.9 Å². The van der Waals surface area contributed by atoms with Crippen LogP contribution in [0.25, 0.3) is 0 Å². The van der Waals surface area contributed by atoms with E-state index in [1.54, 1.807) is 0 Å². The van der Waals surface area contributed by atoms with Gasteiger partial charge >= 0.3 is 0 Å². The Morgan fingerprint density at radius 2 is 2.00 bits per heavy atom. The number of aliphatic hydroxyl groups excluding tert-OH is 1. The van der Waals surface area contributed by atoms with Crippen molar-refractivity contribution in [2.75, 3.05) is 19.6 Å². The average Bonchev–Trinajstić information content (AvgIpc) is 3.00. The zero-order chi connectivity index (χ0) is 16.8. The summed E-state index contributed by atoms with van der Waals surface area (Å²) in [5, 5.41) is 17.1. The summed E-state index contributed by atoms with van der Waals surface area (Å²) in [5.41, 5.74) is 2.14.